The van der Waals surface area contributed by atoms with Gasteiger partial charge in [-0.05, 0) is 44.7 Å². The molecule has 2 saturated carbocycles. The van der Waals surface area contributed by atoms with Crippen molar-refractivity contribution in [3.63, 3.8) is 0 Å². The number of hydrazone groups is 1. The summed E-state index contributed by atoms with van der Waals surface area (Å²) < 4.78 is 5.40. The van der Waals surface area contributed by atoms with Crippen molar-refractivity contribution in [2.24, 2.45) is 5.10 Å². The second kappa shape index (κ2) is 10.7. The monoisotopic (exact) mass is 405 g/mol. The Labute approximate surface area is 173 Å². The number of hydrogen-bond donors (Lipinski definition) is 1. The lowest BCUT2D eigenvalue weighted by Gasteiger charge is -2.42. The van der Waals surface area contributed by atoms with Crippen molar-refractivity contribution in [1.82, 2.24) is 4.90 Å². The van der Waals surface area contributed by atoms with E-state index >= 15 is 0 Å². The number of benzene rings is 1. The van der Waals surface area contributed by atoms with Crippen molar-refractivity contribution in [3.8, 4) is 0 Å². The SMILES string of the molecule is CCOC(=O)/C(=N/Nc1ccccc1Cl)N(C1CCCCC1)C1CCCCC1. The third kappa shape index (κ3) is 5.40. The number of esters is 1. The van der Waals surface area contributed by atoms with Crippen LogP contribution in [0.4, 0.5) is 5.69 Å². The highest BCUT2D eigenvalue weighted by Crippen LogP contribution is 2.31. The minimum atomic E-state index is -0.349. The third-order valence-corrected chi connectivity index (χ3v) is 6.12. The standard InChI is InChI=1S/C22H32ClN3O2/c1-2-28-22(27)21(25-24-20-16-10-9-15-19(20)23)26(17-11-5-3-6-12-17)18-13-7-4-8-14-18/h9-10,15-18,24H,2-8,11-14H2,1H3/b25-21-. The van der Waals surface area contributed by atoms with Crippen molar-refractivity contribution in [2.75, 3.05) is 12.0 Å². The fraction of sp³-hybridized carbons (Fsp3) is 0.636. The van der Waals surface area contributed by atoms with E-state index in [0.29, 0.717) is 35.2 Å². The smallest absolute Gasteiger partial charge is 0.376 e. The van der Waals surface area contributed by atoms with Crippen LogP contribution in [-0.2, 0) is 9.53 Å². The summed E-state index contributed by atoms with van der Waals surface area (Å²) in [5.74, 6) is 0.0544. The highest BCUT2D eigenvalue weighted by Gasteiger charge is 2.35. The second-order valence-corrected chi connectivity index (χ2v) is 8.15. The van der Waals surface area contributed by atoms with Gasteiger partial charge in [0.1, 0.15) is 0 Å². The van der Waals surface area contributed by atoms with E-state index in [2.05, 4.69) is 15.4 Å². The maximum absolute atomic E-state index is 12.9. The van der Waals surface area contributed by atoms with Gasteiger partial charge in [0.15, 0.2) is 0 Å². The molecular formula is C22H32ClN3O2. The average molecular weight is 406 g/mol. The van der Waals surface area contributed by atoms with Gasteiger partial charge < -0.3 is 9.64 Å². The molecule has 0 bridgehead atoms. The number of ether oxygens (including phenoxy) is 1. The van der Waals surface area contributed by atoms with Gasteiger partial charge in [0.05, 0.1) is 17.3 Å². The fourth-order valence-corrected chi connectivity index (χ4v) is 4.61. The summed E-state index contributed by atoms with van der Waals surface area (Å²) >= 11 is 6.26. The number of anilines is 1. The van der Waals surface area contributed by atoms with Crippen LogP contribution in [-0.4, -0.2) is 35.4 Å². The molecule has 2 aliphatic carbocycles. The molecule has 154 valence electrons. The molecule has 2 fully saturated rings. The molecule has 2 aliphatic rings. The zero-order valence-electron chi connectivity index (χ0n) is 16.8. The first kappa shape index (κ1) is 21.0. The first-order chi connectivity index (χ1) is 13.7. The predicted molar refractivity (Wildman–Crippen MR) is 115 cm³/mol. The molecule has 6 heteroatoms. The molecule has 0 aliphatic heterocycles. The van der Waals surface area contributed by atoms with Crippen molar-refractivity contribution in [1.29, 1.82) is 0 Å². The number of amidine groups is 1. The number of carbonyl (C=O) groups excluding carboxylic acids is 1. The van der Waals surface area contributed by atoms with Crippen LogP contribution in [0, 0.1) is 0 Å². The highest BCUT2D eigenvalue weighted by molar-refractivity contribution is 6.36. The lowest BCUT2D eigenvalue weighted by Crippen LogP contribution is -2.52. The number of nitrogens with zero attached hydrogens (tertiary/aromatic N) is 2. The molecule has 0 atom stereocenters. The van der Waals surface area contributed by atoms with Crippen LogP contribution in [0.2, 0.25) is 5.02 Å². The molecule has 1 aromatic rings. The molecular weight excluding hydrogens is 374 g/mol. The Morgan fingerprint density at radius 3 is 2.18 bits per heavy atom. The van der Waals surface area contributed by atoms with Crippen molar-refractivity contribution in [3.05, 3.63) is 29.3 Å². The Morgan fingerprint density at radius 2 is 1.64 bits per heavy atom. The lowest BCUT2D eigenvalue weighted by atomic mass is 9.88. The third-order valence-electron chi connectivity index (χ3n) is 5.79. The van der Waals surface area contributed by atoms with Gasteiger partial charge in [-0.2, -0.15) is 0 Å². The minimum absolute atomic E-state index is 0.340. The number of rotatable bonds is 5. The zero-order valence-corrected chi connectivity index (χ0v) is 17.6. The summed E-state index contributed by atoms with van der Waals surface area (Å²) in [6.45, 7) is 2.18. The number of hydrogen-bond acceptors (Lipinski definition) is 4. The molecule has 0 amide bonds. The van der Waals surface area contributed by atoms with Gasteiger partial charge in [0, 0.05) is 12.1 Å². The van der Waals surface area contributed by atoms with Gasteiger partial charge >= 0.3 is 5.97 Å². The molecule has 28 heavy (non-hydrogen) atoms. The lowest BCUT2D eigenvalue weighted by molar-refractivity contribution is -0.136. The maximum atomic E-state index is 12.9. The first-order valence-electron chi connectivity index (χ1n) is 10.7. The van der Waals surface area contributed by atoms with Crippen LogP contribution in [0.15, 0.2) is 29.4 Å². The highest BCUT2D eigenvalue weighted by atomic mass is 35.5. The van der Waals surface area contributed by atoms with Crippen LogP contribution in [0.5, 0.6) is 0 Å². The van der Waals surface area contributed by atoms with E-state index in [9.17, 15) is 4.79 Å². The van der Waals surface area contributed by atoms with Crippen molar-refractivity contribution < 1.29 is 9.53 Å². The van der Waals surface area contributed by atoms with E-state index in [4.69, 9.17) is 16.3 Å². The normalized spacial score (nSPS) is 19.3. The van der Waals surface area contributed by atoms with Gasteiger partial charge in [-0.15, -0.1) is 5.10 Å². The molecule has 3 rings (SSSR count). The first-order valence-corrected chi connectivity index (χ1v) is 11.1. The summed E-state index contributed by atoms with van der Waals surface area (Å²) in [4.78, 5) is 15.2. The van der Waals surface area contributed by atoms with Crippen LogP contribution in [0.1, 0.15) is 71.1 Å². The van der Waals surface area contributed by atoms with Gasteiger partial charge in [-0.1, -0.05) is 62.3 Å². The Bertz CT molecular complexity index is 650. The summed E-state index contributed by atoms with van der Waals surface area (Å²) in [6, 6.07) is 8.15. The van der Waals surface area contributed by atoms with Crippen molar-refractivity contribution in [2.45, 2.75) is 83.2 Å². The summed E-state index contributed by atoms with van der Waals surface area (Å²) in [7, 11) is 0. The van der Waals surface area contributed by atoms with Crippen LogP contribution >= 0.6 is 11.6 Å². The van der Waals surface area contributed by atoms with E-state index in [0.717, 1.165) is 25.7 Å². The summed E-state index contributed by atoms with van der Waals surface area (Å²) in [6.07, 6.45) is 11.8. The van der Waals surface area contributed by atoms with Crippen LogP contribution in [0.25, 0.3) is 0 Å². The molecule has 0 radical (unpaired) electrons. The molecule has 1 N–H and O–H groups in total. The van der Waals surface area contributed by atoms with Gasteiger partial charge in [-0.3, -0.25) is 5.43 Å². The average Bonchev–Trinajstić information content (AvgIpc) is 2.73. The van der Waals surface area contributed by atoms with E-state index in [1.165, 1.54) is 38.5 Å². The van der Waals surface area contributed by atoms with Gasteiger partial charge in [0.2, 0.25) is 5.84 Å². The molecule has 0 aromatic heterocycles. The Hall–Kier alpha value is -1.75. The fourth-order valence-electron chi connectivity index (χ4n) is 4.43. The molecule has 1 aromatic carbocycles. The summed E-state index contributed by atoms with van der Waals surface area (Å²) in [5.41, 5.74) is 3.72. The van der Waals surface area contributed by atoms with Gasteiger partial charge in [0.25, 0.3) is 0 Å². The molecule has 0 unspecified atom stereocenters. The quantitative estimate of drug-likeness (QED) is 0.300. The van der Waals surface area contributed by atoms with Crippen LogP contribution < -0.4 is 5.43 Å². The molecule has 5 nitrogen and oxygen atoms in total. The zero-order chi connectivity index (χ0) is 19.8. The number of para-hydroxylation sites is 1. The van der Waals surface area contributed by atoms with Crippen LogP contribution in [0.3, 0.4) is 0 Å². The van der Waals surface area contributed by atoms with E-state index in [-0.39, 0.29) is 5.97 Å². The molecule has 0 spiro atoms. The topological polar surface area (TPSA) is 53.9 Å². The number of nitrogens with one attached hydrogen (secondary N) is 1. The van der Waals surface area contributed by atoms with E-state index in [1.807, 2.05) is 31.2 Å². The van der Waals surface area contributed by atoms with E-state index in [1.54, 1.807) is 0 Å². The second-order valence-electron chi connectivity index (χ2n) is 7.74. The van der Waals surface area contributed by atoms with Crippen molar-refractivity contribution >= 4 is 29.1 Å². The predicted octanol–water partition coefficient (Wildman–Crippen LogP) is 5.60. The Balaban J connectivity index is 1.91. The Kier molecular flexibility index (Phi) is 8.01. The largest absolute Gasteiger partial charge is 0.460 e. The maximum Gasteiger partial charge on any atom is 0.376 e. The number of halogens is 1. The Morgan fingerprint density at radius 1 is 1.07 bits per heavy atom. The molecule has 0 heterocycles. The molecule has 0 saturated heterocycles. The number of carbonyl (C=O) groups is 1. The summed E-state index contributed by atoms with van der Waals surface area (Å²) in [5, 5.41) is 5.14. The minimum Gasteiger partial charge on any atom is -0.460 e. The van der Waals surface area contributed by atoms with Gasteiger partial charge in [-0.25, -0.2) is 4.79 Å². The van der Waals surface area contributed by atoms with E-state index < -0.39 is 0 Å².